The van der Waals surface area contributed by atoms with Crippen molar-refractivity contribution in [1.29, 1.82) is 0 Å². The van der Waals surface area contributed by atoms with Gasteiger partial charge in [-0.25, -0.2) is 20.0 Å². The van der Waals surface area contributed by atoms with Crippen LogP contribution in [-0.4, -0.2) is 47.3 Å². The molecule has 3 rings (SSSR count). The van der Waals surface area contributed by atoms with Crippen LogP contribution in [0.25, 0.3) is 0 Å². The number of aliphatic carboxylic acids is 1. The third-order valence-corrected chi connectivity index (χ3v) is 5.80. The maximum atomic E-state index is 13.6. The first-order valence-electron chi connectivity index (χ1n) is 11.9. The lowest BCUT2D eigenvalue weighted by molar-refractivity contribution is -0.150. The highest BCUT2D eigenvalue weighted by Gasteiger charge is 2.38. The van der Waals surface area contributed by atoms with Crippen molar-refractivity contribution in [3.05, 3.63) is 107 Å². The van der Waals surface area contributed by atoms with Gasteiger partial charge in [-0.2, -0.15) is 13.2 Å². The van der Waals surface area contributed by atoms with Gasteiger partial charge in [-0.1, -0.05) is 78.9 Å². The molecule has 3 aromatic rings. The zero-order chi connectivity index (χ0) is 28.4. The summed E-state index contributed by atoms with van der Waals surface area (Å²) in [5.74, 6) is -2.43. The molecule has 206 valence electrons. The molecular weight excluding hydrogens is 517 g/mol. The van der Waals surface area contributed by atoms with Crippen molar-refractivity contribution in [3.63, 3.8) is 0 Å². The molecule has 0 aliphatic heterocycles. The number of carboxylic acids is 1. The fraction of sp³-hybridized carbons (Fsp3) is 0.250. The minimum Gasteiger partial charge on any atom is -0.480 e. The average Bonchev–Trinajstić information content (AvgIpc) is 2.93. The molecule has 8 nitrogen and oxygen atoms in total. The number of nitrogens with one attached hydrogen (secondary N) is 1. The van der Waals surface area contributed by atoms with Crippen LogP contribution >= 0.6 is 0 Å². The second-order valence-electron chi connectivity index (χ2n) is 8.52. The molecule has 0 bridgehead atoms. The summed E-state index contributed by atoms with van der Waals surface area (Å²) in [7, 11) is 1.10. The number of benzene rings is 3. The molecule has 1 amide bonds. The number of rotatable bonds is 11. The number of nitrogens with zero attached hydrogens (tertiary/aromatic N) is 1. The lowest BCUT2D eigenvalue weighted by Gasteiger charge is -2.32. The number of halogens is 3. The van der Waals surface area contributed by atoms with Crippen LogP contribution in [-0.2, 0) is 44.7 Å². The molecule has 0 aliphatic rings. The van der Waals surface area contributed by atoms with Crippen molar-refractivity contribution in [2.45, 2.75) is 37.7 Å². The van der Waals surface area contributed by atoms with E-state index in [2.05, 4.69) is 5.43 Å². The lowest BCUT2D eigenvalue weighted by Crippen LogP contribution is -2.59. The summed E-state index contributed by atoms with van der Waals surface area (Å²) in [6, 6.07) is 18.6. The highest BCUT2D eigenvalue weighted by atomic mass is 19.4. The number of hydrogen-bond acceptors (Lipinski definition) is 6. The zero-order valence-corrected chi connectivity index (χ0v) is 20.9. The molecule has 11 heteroatoms. The Bertz CT molecular complexity index is 1250. The van der Waals surface area contributed by atoms with E-state index in [0.717, 1.165) is 19.2 Å². The maximum absolute atomic E-state index is 13.6. The smallest absolute Gasteiger partial charge is 0.425 e. The Balaban J connectivity index is 1.95. The predicted molar refractivity (Wildman–Crippen MR) is 134 cm³/mol. The molecule has 0 heterocycles. The number of amides is 1. The Morgan fingerprint density at radius 1 is 0.872 bits per heavy atom. The van der Waals surface area contributed by atoms with Gasteiger partial charge in [0.25, 0.3) is 0 Å². The Morgan fingerprint density at radius 2 is 1.44 bits per heavy atom. The highest BCUT2D eigenvalue weighted by Crippen LogP contribution is 2.32. The van der Waals surface area contributed by atoms with Gasteiger partial charge in [0.15, 0.2) is 6.04 Å². The molecule has 2 N–H and O–H groups in total. The SMILES string of the molecule is COC(=O)[C@H](Cc1ccccc1)N(N[C@@H](Cc1ccccc1C(F)(F)F)C(=O)O)C(=O)OCc1ccccc1. The second-order valence-corrected chi connectivity index (χ2v) is 8.52. The Hall–Kier alpha value is -4.38. The third-order valence-electron chi connectivity index (χ3n) is 5.80. The van der Waals surface area contributed by atoms with Gasteiger partial charge in [0.1, 0.15) is 12.6 Å². The van der Waals surface area contributed by atoms with E-state index in [0.29, 0.717) is 16.1 Å². The first-order chi connectivity index (χ1) is 18.6. The minimum atomic E-state index is -4.73. The van der Waals surface area contributed by atoms with Gasteiger partial charge in [0, 0.05) is 12.8 Å². The van der Waals surface area contributed by atoms with Gasteiger partial charge in [0.05, 0.1) is 12.7 Å². The molecule has 2 atom stereocenters. The van der Waals surface area contributed by atoms with E-state index < -0.39 is 48.3 Å². The van der Waals surface area contributed by atoms with Crippen LogP contribution in [0.2, 0.25) is 0 Å². The van der Waals surface area contributed by atoms with E-state index in [1.165, 1.54) is 12.1 Å². The summed E-state index contributed by atoms with van der Waals surface area (Å²) in [4.78, 5) is 38.3. The number of carboxylic acid groups (broad SMARTS) is 1. The number of carbonyl (C=O) groups is 3. The highest BCUT2D eigenvalue weighted by molar-refractivity contribution is 5.82. The topological polar surface area (TPSA) is 105 Å². The standard InChI is InChI=1S/C28H27F3N2O6/c1-38-26(36)24(16-19-10-4-2-5-11-19)33(27(37)39-18-20-12-6-3-7-13-20)32-23(25(34)35)17-21-14-8-9-15-22(21)28(29,30)31/h2-15,23-24,32H,16-18H2,1H3,(H,34,35)/t23-,24-/m0/s1. The van der Waals surface area contributed by atoms with Gasteiger partial charge in [-0.05, 0) is 22.8 Å². The number of ether oxygens (including phenoxy) is 2. The van der Waals surface area contributed by atoms with Gasteiger partial charge in [-0.15, -0.1) is 0 Å². The van der Waals surface area contributed by atoms with Gasteiger partial charge in [-0.3, -0.25) is 4.79 Å². The maximum Gasteiger partial charge on any atom is 0.425 e. The van der Waals surface area contributed by atoms with Crippen LogP contribution in [0.3, 0.4) is 0 Å². The summed E-state index contributed by atoms with van der Waals surface area (Å²) < 4.78 is 50.9. The molecule has 0 radical (unpaired) electrons. The predicted octanol–water partition coefficient (Wildman–Crippen LogP) is 4.63. The molecule has 3 aromatic carbocycles. The second kappa shape index (κ2) is 13.4. The third kappa shape index (κ3) is 8.30. The zero-order valence-electron chi connectivity index (χ0n) is 20.9. The molecule has 0 spiro atoms. The summed E-state index contributed by atoms with van der Waals surface area (Å²) in [5, 5.41) is 10.6. The lowest BCUT2D eigenvalue weighted by atomic mass is 10.00. The molecule has 0 aliphatic carbocycles. The largest absolute Gasteiger partial charge is 0.480 e. The molecule has 0 unspecified atom stereocenters. The van der Waals surface area contributed by atoms with E-state index in [4.69, 9.17) is 9.47 Å². The fourth-order valence-corrected chi connectivity index (χ4v) is 3.86. The molecular formula is C28H27F3N2O6. The molecule has 0 saturated heterocycles. The van der Waals surface area contributed by atoms with E-state index >= 15 is 0 Å². The normalized spacial score (nSPS) is 12.7. The fourth-order valence-electron chi connectivity index (χ4n) is 3.86. The summed E-state index contributed by atoms with van der Waals surface area (Å²) in [6.07, 6.45) is -6.57. The van der Waals surface area contributed by atoms with Crippen LogP contribution < -0.4 is 5.43 Å². The van der Waals surface area contributed by atoms with Crippen LogP contribution in [0.15, 0.2) is 84.9 Å². The Kier molecular flexibility index (Phi) is 10.0. The van der Waals surface area contributed by atoms with Gasteiger partial charge >= 0.3 is 24.2 Å². The summed E-state index contributed by atoms with van der Waals surface area (Å²) >= 11 is 0. The van der Waals surface area contributed by atoms with Crippen LogP contribution in [0.5, 0.6) is 0 Å². The first-order valence-corrected chi connectivity index (χ1v) is 11.9. The summed E-state index contributed by atoms with van der Waals surface area (Å²) in [6.45, 7) is -0.203. The van der Waals surface area contributed by atoms with E-state index in [9.17, 15) is 32.7 Å². The van der Waals surface area contributed by atoms with E-state index in [1.807, 2.05) is 0 Å². The van der Waals surface area contributed by atoms with E-state index in [1.54, 1.807) is 60.7 Å². The monoisotopic (exact) mass is 544 g/mol. The van der Waals surface area contributed by atoms with Crippen molar-refractivity contribution < 1.29 is 42.1 Å². The number of hydrazine groups is 1. The molecule has 0 saturated carbocycles. The quantitative estimate of drug-likeness (QED) is 0.268. The average molecular weight is 545 g/mol. The number of esters is 1. The first kappa shape index (κ1) is 29.2. The number of alkyl halides is 3. The van der Waals surface area contributed by atoms with Gasteiger partial charge in [0.2, 0.25) is 0 Å². The van der Waals surface area contributed by atoms with Crippen molar-refractivity contribution in [1.82, 2.24) is 10.4 Å². The number of carbonyl (C=O) groups excluding carboxylic acids is 2. The molecule has 0 aromatic heterocycles. The van der Waals surface area contributed by atoms with Crippen molar-refractivity contribution in [2.24, 2.45) is 0 Å². The van der Waals surface area contributed by atoms with Crippen molar-refractivity contribution >= 4 is 18.0 Å². The van der Waals surface area contributed by atoms with Gasteiger partial charge < -0.3 is 14.6 Å². The van der Waals surface area contributed by atoms with Crippen LogP contribution in [0.4, 0.5) is 18.0 Å². The van der Waals surface area contributed by atoms with Crippen LogP contribution in [0.1, 0.15) is 22.3 Å². The van der Waals surface area contributed by atoms with Crippen molar-refractivity contribution in [2.75, 3.05) is 7.11 Å². The van der Waals surface area contributed by atoms with Crippen LogP contribution in [0, 0.1) is 0 Å². The Labute approximate surface area is 222 Å². The summed E-state index contributed by atoms with van der Waals surface area (Å²) in [5.41, 5.74) is 2.37. The Morgan fingerprint density at radius 3 is 2.00 bits per heavy atom. The number of hydrogen-bond donors (Lipinski definition) is 2. The number of methoxy groups -OCH3 is 1. The van der Waals surface area contributed by atoms with E-state index in [-0.39, 0.29) is 18.6 Å². The molecule has 0 fully saturated rings. The van der Waals surface area contributed by atoms with Crippen molar-refractivity contribution in [3.8, 4) is 0 Å². The minimum absolute atomic E-state index is 0.0908. The molecule has 39 heavy (non-hydrogen) atoms.